The van der Waals surface area contributed by atoms with Crippen molar-refractivity contribution in [2.75, 3.05) is 6.54 Å². The molecule has 1 aromatic carbocycles. The van der Waals surface area contributed by atoms with Crippen LogP contribution < -0.4 is 0 Å². The predicted octanol–water partition coefficient (Wildman–Crippen LogP) is 3.82. The maximum Gasteiger partial charge on any atom is 0.269 e. The van der Waals surface area contributed by atoms with Crippen LogP contribution in [0.15, 0.2) is 51.7 Å². The maximum atomic E-state index is 10.7. The van der Waals surface area contributed by atoms with Crippen molar-refractivity contribution in [2.24, 2.45) is 0 Å². The fraction of sp³-hybridized carbons (Fsp3) is 0.294. The van der Waals surface area contributed by atoms with E-state index >= 15 is 0 Å². The molecule has 1 atom stereocenters. The molecule has 0 spiro atoms. The number of nitrogens with zero attached hydrogens (tertiary/aromatic N) is 4. The van der Waals surface area contributed by atoms with E-state index in [0.29, 0.717) is 23.9 Å². The smallest absolute Gasteiger partial charge is 0.269 e. The Labute approximate surface area is 144 Å². The van der Waals surface area contributed by atoms with Crippen molar-refractivity contribution in [1.82, 2.24) is 15.1 Å². The Kier molecular flexibility index (Phi) is 4.90. The van der Waals surface area contributed by atoms with Crippen LogP contribution in [0.2, 0.25) is 0 Å². The van der Waals surface area contributed by atoms with Gasteiger partial charge in [0, 0.05) is 29.8 Å². The molecule has 0 fully saturated rings. The molecule has 25 heavy (non-hydrogen) atoms. The zero-order valence-corrected chi connectivity index (χ0v) is 14.0. The lowest BCUT2D eigenvalue weighted by atomic mass is 10.2. The molecule has 0 aliphatic rings. The summed E-state index contributed by atoms with van der Waals surface area (Å²) in [5.74, 6) is 0.842. The quantitative estimate of drug-likeness (QED) is 0.475. The first-order chi connectivity index (χ1) is 12.1. The normalized spacial score (nSPS) is 12.4. The van der Waals surface area contributed by atoms with Gasteiger partial charge in [-0.15, -0.1) is 10.2 Å². The molecule has 2 heterocycles. The highest BCUT2D eigenvalue weighted by molar-refractivity contribution is 5.55. The van der Waals surface area contributed by atoms with Crippen LogP contribution in [0.4, 0.5) is 5.69 Å². The van der Waals surface area contributed by atoms with Gasteiger partial charge < -0.3 is 8.83 Å². The number of hydrogen-bond donors (Lipinski definition) is 0. The number of aromatic nitrogens is 2. The molecule has 8 heteroatoms. The SMILES string of the molecule is CCN(Cc1ccoc1)C(C)c1nnc(-c2ccc([N+](=O)[O-])cc2)o1. The molecule has 0 amide bonds. The van der Waals surface area contributed by atoms with E-state index in [9.17, 15) is 10.1 Å². The Morgan fingerprint density at radius 2 is 2.00 bits per heavy atom. The molecule has 0 N–H and O–H groups in total. The molecule has 0 saturated carbocycles. The van der Waals surface area contributed by atoms with E-state index in [1.807, 2.05) is 13.0 Å². The summed E-state index contributed by atoms with van der Waals surface area (Å²) < 4.78 is 10.9. The third kappa shape index (κ3) is 3.74. The molecule has 130 valence electrons. The molecule has 0 aliphatic carbocycles. The van der Waals surface area contributed by atoms with Crippen molar-refractivity contribution in [3.05, 3.63) is 64.4 Å². The first-order valence-corrected chi connectivity index (χ1v) is 7.92. The average Bonchev–Trinajstić information content (AvgIpc) is 3.31. The minimum absolute atomic E-state index is 0.0223. The van der Waals surface area contributed by atoms with Crippen molar-refractivity contribution >= 4 is 5.69 Å². The molecule has 0 radical (unpaired) electrons. The van der Waals surface area contributed by atoms with Crippen LogP contribution in [-0.4, -0.2) is 26.6 Å². The Morgan fingerprint density at radius 3 is 2.60 bits per heavy atom. The highest BCUT2D eigenvalue weighted by Gasteiger charge is 2.21. The number of rotatable bonds is 7. The predicted molar refractivity (Wildman–Crippen MR) is 89.6 cm³/mol. The van der Waals surface area contributed by atoms with Gasteiger partial charge in [0.1, 0.15) is 0 Å². The molecule has 0 bridgehead atoms. The van der Waals surface area contributed by atoms with Crippen molar-refractivity contribution in [2.45, 2.75) is 26.4 Å². The summed E-state index contributed by atoms with van der Waals surface area (Å²) in [6, 6.07) is 7.89. The van der Waals surface area contributed by atoms with Crippen molar-refractivity contribution < 1.29 is 13.8 Å². The lowest BCUT2D eigenvalue weighted by Crippen LogP contribution is -2.26. The standard InChI is InChI=1S/C17H18N4O4/c1-3-20(10-13-8-9-24-11-13)12(2)16-18-19-17(25-16)14-4-6-15(7-5-14)21(22)23/h4-9,11-12H,3,10H2,1-2H3. The second-order valence-corrected chi connectivity index (χ2v) is 5.62. The number of benzene rings is 1. The fourth-order valence-electron chi connectivity index (χ4n) is 2.54. The molecule has 3 aromatic rings. The number of non-ortho nitro benzene ring substituents is 1. The van der Waals surface area contributed by atoms with Gasteiger partial charge in [-0.25, -0.2) is 0 Å². The van der Waals surface area contributed by atoms with Gasteiger partial charge >= 0.3 is 0 Å². The number of hydrogen-bond acceptors (Lipinski definition) is 7. The minimum Gasteiger partial charge on any atom is -0.472 e. The van der Waals surface area contributed by atoms with Crippen LogP contribution in [0.5, 0.6) is 0 Å². The monoisotopic (exact) mass is 342 g/mol. The molecule has 3 rings (SSSR count). The van der Waals surface area contributed by atoms with Gasteiger partial charge in [-0.3, -0.25) is 15.0 Å². The van der Waals surface area contributed by atoms with Gasteiger partial charge in [0.2, 0.25) is 11.8 Å². The Morgan fingerprint density at radius 1 is 1.24 bits per heavy atom. The van der Waals surface area contributed by atoms with Crippen LogP contribution in [-0.2, 0) is 6.54 Å². The van der Waals surface area contributed by atoms with Gasteiger partial charge in [-0.2, -0.15) is 0 Å². The third-order valence-corrected chi connectivity index (χ3v) is 4.04. The van der Waals surface area contributed by atoms with Crippen molar-refractivity contribution in [3.63, 3.8) is 0 Å². The number of nitro groups is 1. The van der Waals surface area contributed by atoms with Gasteiger partial charge in [0.05, 0.1) is 23.5 Å². The highest BCUT2D eigenvalue weighted by atomic mass is 16.6. The second kappa shape index (κ2) is 7.27. The van der Waals surface area contributed by atoms with Gasteiger partial charge in [-0.1, -0.05) is 6.92 Å². The molecular formula is C17H18N4O4. The zero-order valence-electron chi connectivity index (χ0n) is 14.0. The summed E-state index contributed by atoms with van der Waals surface area (Å²) in [6.45, 7) is 5.58. The molecular weight excluding hydrogens is 324 g/mol. The summed E-state index contributed by atoms with van der Waals surface area (Å²) in [6.07, 6.45) is 3.36. The fourth-order valence-corrected chi connectivity index (χ4v) is 2.54. The van der Waals surface area contributed by atoms with E-state index in [4.69, 9.17) is 8.83 Å². The van der Waals surface area contributed by atoms with Gasteiger partial charge in [0.25, 0.3) is 5.69 Å². The largest absolute Gasteiger partial charge is 0.472 e. The summed E-state index contributed by atoms with van der Waals surface area (Å²) in [4.78, 5) is 12.5. The number of nitro benzene ring substituents is 1. The summed E-state index contributed by atoms with van der Waals surface area (Å²) in [7, 11) is 0. The maximum absolute atomic E-state index is 10.7. The van der Waals surface area contributed by atoms with Crippen molar-refractivity contribution in [1.29, 1.82) is 0 Å². The van der Waals surface area contributed by atoms with Crippen LogP contribution in [0.3, 0.4) is 0 Å². The van der Waals surface area contributed by atoms with Crippen LogP contribution in [0.25, 0.3) is 11.5 Å². The van der Waals surface area contributed by atoms with E-state index in [1.165, 1.54) is 12.1 Å². The van der Waals surface area contributed by atoms with Gasteiger partial charge in [0.15, 0.2) is 0 Å². The Hall–Kier alpha value is -3.00. The van der Waals surface area contributed by atoms with E-state index in [0.717, 1.165) is 12.1 Å². The molecule has 0 saturated heterocycles. The molecule has 8 nitrogen and oxygen atoms in total. The van der Waals surface area contributed by atoms with Crippen LogP contribution in [0, 0.1) is 10.1 Å². The minimum atomic E-state index is -0.444. The van der Waals surface area contributed by atoms with Crippen LogP contribution in [0.1, 0.15) is 31.3 Å². The lowest BCUT2D eigenvalue weighted by molar-refractivity contribution is -0.384. The Bertz CT molecular complexity index is 827. The molecule has 0 aliphatic heterocycles. The second-order valence-electron chi connectivity index (χ2n) is 5.62. The summed E-state index contributed by atoms with van der Waals surface area (Å²) in [5.41, 5.74) is 1.74. The number of furan rings is 1. The van der Waals surface area contributed by atoms with Crippen molar-refractivity contribution in [3.8, 4) is 11.5 Å². The van der Waals surface area contributed by atoms with Crippen LogP contribution >= 0.6 is 0 Å². The summed E-state index contributed by atoms with van der Waals surface area (Å²) >= 11 is 0. The third-order valence-electron chi connectivity index (χ3n) is 4.04. The van der Waals surface area contributed by atoms with E-state index in [1.54, 1.807) is 24.7 Å². The Balaban J connectivity index is 1.76. The first-order valence-electron chi connectivity index (χ1n) is 7.92. The topological polar surface area (TPSA) is 98.4 Å². The van der Waals surface area contributed by atoms with Gasteiger partial charge in [-0.05, 0) is 31.7 Å². The first kappa shape index (κ1) is 16.8. The van der Waals surface area contributed by atoms with E-state index < -0.39 is 4.92 Å². The summed E-state index contributed by atoms with van der Waals surface area (Å²) in [5, 5.41) is 18.9. The highest BCUT2D eigenvalue weighted by Crippen LogP contribution is 2.26. The van der Waals surface area contributed by atoms with E-state index in [-0.39, 0.29) is 11.7 Å². The zero-order chi connectivity index (χ0) is 17.8. The molecule has 1 unspecified atom stereocenters. The van der Waals surface area contributed by atoms with E-state index in [2.05, 4.69) is 22.0 Å². The average molecular weight is 342 g/mol. The molecule has 2 aromatic heterocycles. The lowest BCUT2D eigenvalue weighted by Gasteiger charge is -2.24.